The number of rotatable bonds is 2. The van der Waals surface area contributed by atoms with Gasteiger partial charge < -0.3 is 0 Å². The number of hydrogen-bond acceptors (Lipinski definition) is 0. The van der Waals surface area contributed by atoms with Crippen molar-refractivity contribution in [3.05, 3.63) is 57.6 Å². The fourth-order valence-electron chi connectivity index (χ4n) is 3.77. The van der Waals surface area contributed by atoms with Gasteiger partial charge in [-0.2, -0.15) is 0 Å². The summed E-state index contributed by atoms with van der Waals surface area (Å²) in [6.07, 6.45) is 3.43. The third-order valence-electron chi connectivity index (χ3n) is 4.78. The van der Waals surface area contributed by atoms with E-state index >= 15 is 0 Å². The van der Waals surface area contributed by atoms with Gasteiger partial charge in [-0.25, -0.2) is 0 Å². The van der Waals surface area contributed by atoms with E-state index in [1.807, 2.05) is 0 Å². The van der Waals surface area contributed by atoms with Crippen LogP contribution in [0.1, 0.15) is 47.2 Å². The van der Waals surface area contributed by atoms with Gasteiger partial charge in [0.1, 0.15) is 0 Å². The lowest BCUT2D eigenvalue weighted by atomic mass is 9.86. The first kappa shape index (κ1) is 12.5. The van der Waals surface area contributed by atoms with Crippen molar-refractivity contribution in [3.63, 3.8) is 0 Å². The van der Waals surface area contributed by atoms with Crippen molar-refractivity contribution in [3.8, 4) is 11.1 Å². The molecule has 0 saturated heterocycles. The predicted octanol–water partition coefficient (Wildman–Crippen LogP) is 5.00. The molecule has 1 aliphatic carbocycles. The van der Waals surface area contributed by atoms with Crippen LogP contribution in [0.3, 0.4) is 0 Å². The summed E-state index contributed by atoms with van der Waals surface area (Å²) >= 11 is 0. The van der Waals surface area contributed by atoms with Crippen LogP contribution in [-0.4, -0.2) is 0 Å². The molecule has 0 aliphatic heterocycles. The molecule has 0 heterocycles. The summed E-state index contributed by atoms with van der Waals surface area (Å²) in [6.45, 7) is 9.19. The molecule has 0 spiro atoms. The highest BCUT2D eigenvalue weighted by molar-refractivity contribution is 5.82. The summed E-state index contributed by atoms with van der Waals surface area (Å²) in [5, 5.41) is 0. The van der Waals surface area contributed by atoms with Crippen molar-refractivity contribution < 1.29 is 0 Å². The lowest BCUT2D eigenvalue weighted by Crippen LogP contribution is -2.03. The molecular weight excluding hydrogens is 228 g/mol. The summed E-state index contributed by atoms with van der Waals surface area (Å²) in [5.41, 5.74) is 12.3. The molecule has 0 amide bonds. The Bertz CT molecular complexity index is 648. The van der Waals surface area contributed by atoms with Crippen molar-refractivity contribution in [2.24, 2.45) is 0 Å². The Labute approximate surface area is 116 Å². The Balaban J connectivity index is 2.37. The second-order valence-electron chi connectivity index (χ2n) is 5.60. The summed E-state index contributed by atoms with van der Waals surface area (Å²) in [7, 11) is 0. The van der Waals surface area contributed by atoms with Crippen molar-refractivity contribution >= 4 is 0 Å². The molecular formula is C19H22. The average Bonchev–Trinajstić information content (AvgIpc) is 2.81. The second-order valence-corrected chi connectivity index (χ2v) is 5.60. The largest absolute Gasteiger partial charge is 0.0619 e. The Morgan fingerprint density at radius 1 is 0.895 bits per heavy atom. The zero-order valence-corrected chi connectivity index (χ0v) is 12.4. The molecule has 2 aromatic carbocycles. The molecule has 0 bridgehead atoms. The van der Waals surface area contributed by atoms with E-state index in [1.165, 1.54) is 27.8 Å². The maximum atomic E-state index is 2.30. The number of benzene rings is 2. The minimum absolute atomic E-state index is 1.13. The molecule has 19 heavy (non-hydrogen) atoms. The van der Waals surface area contributed by atoms with E-state index in [1.54, 1.807) is 16.7 Å². The van der Waals surface area contributed by atoms with Gasteiger partial charge in [0.05, 0.1) is 0 Å². The van der Waals surface area contributed by atoms with Crippen LogP contribution in [0.15, 0.2) is 24.3 Å². The molecule has 0 atom stereocenters. The molecule has 0 N–H and O–H groups in total. The molecule has 1 aliphatic rings. The van der Waals surface area contributed by atoms with Crippen molar-refractivity contribution in [1.29, 1.82) is 0 Å². The first-order valence-corrected chi connectivity index (χ1v) is 7.41. The molecule has 0 saturated carbocycles. The smallest absolute Gasteiger partial charge is 0.00105 e. The van der Waals surface area contributed by atoms with Crippen LogP contribution in [0, 0.1) is 13.8 Å². The number of hydrogen-bond donors (Lipinski definition) is 0. The van der Waals surface area contributed by atoms with Crippen LogP contribution < -0.4 is 0 Å². The minimum atomic E-state index is 1.13. The highest BCUT2D eigenvalue weighted by Gasteiger charge is 2.25. The van der Waals surface area contributed by atoms with Crippen molar-refractivity contribution in [2.45, 2.75) is 47.0 Å². The van der Waals surface area contributed by atoms with E-state index in [9.17, 15) is 0 Å². The third kappa shape index (κ3) is 1.66. The summed E-state index contributed by atoms with van der Waals surface area (Å²) in [4.78, 5) is 0. The van der Waals surface area contributed by atoms with Crippen LogP contribution in [-0.2, 0) is 19.3 Å². The summed E-state index contributed by atoms with van der Waals surface area (Å²) < 4.78 is 0. The molecule has 2 aromatic rings. The summed E-state index contributed by atoms with van der Waals surface area (Å²) in [5.74, 6) is 0. The Kier molecular flexibility index (Phi) is 2.97. The molecule has 0 heteroatoms. The van der Waals surface area contributed by atoms with E-state index in [-0.39, 0.29) is 0 Å². The lowest BCUT2D eigenvalue weighted by Gasteiger charge is -2.19. The minimum Gasteiger partial charge on any atom is -0.0619 e. The van der Waals surface area contributed by atoms with Crippen molar-refractivity contribution in [1.82, 2.24) is 0 Å². The van der Waals surface area contributed by atoms with Gasteiger partial charge in [0.2, 0.25) is 0 Å². The van der Waals surface area contributed by atoms with Gasteiger partial charge in [0.15, 0.2) is 0 Å². The molecule has 0 radical (unpaired) electrons. The quantitative estimate of drug-likeness (QED) is 0.600. The van der Waals surface area contributed by atoms with Crippen LogP contribution in [0.5, 0.6) is 0 Å². The molecule has 0 aromatic heterocycles. The van der Waals surface area contributed by atoms with Gasteiger partial charge in [-0.05, 0) is 77.6 Å². The molecule has 0 unspecified atom stereocenters. The van der Waals surface area contributed by atoms with Crippen LogP contribution in [0.4, 0.5) is 0 Å². The fraction of sp³-hybridized carbons (Fsp3) is 0.368. The highest BCUT2D eigenvalue weighted by Crippen LogP contribution is 2.43. The van der Waals surface area contributed by atoms with Gasteiger partial charge >= 0.3 is 0 Å². The molecule has 3 rings (SSSR count). The van der Waals surface area contributed by atoms with Crippen LogP contribution in [0.25, 0.3) is 11.1 Å². The summed E-state index contributed by atoms with van der Waals surface area (Å²) in [6, 6.07) is 8.91. The monoisotopic (exact) mass is 250 g/mol. The first-order valence-electron chi connectivity index (χ1n) is 7.41. The average molecular weight is 250 g/mol. The Hall–Kier alpha value is -1.56. The maximum absolute atomic E-state index is 2.30. The highest BCUT2D eigenvalue weighted by atomic mass is 14.3. The molecule has 98 valence electrons. The lowest BCUT2D eigenvalue weighted by molar-refractivity contribution is 0.984. The topological polar surface area (TPSA) is 0 Å². The SMILES string of the molecule is CCc1c(C)c(C)c2c(c1CC)Cc1ccccc1-2. The molecule has 0 fully saturated rings. The maximum Gasteiger partial charge on any atom is -0.00105 e. The van der Waals surface area contributed by atoms with Gasteiger partial charge in [0, 0.05) is 0 Å². The third-order valence-corrected chi connectivity index (χ3v) is 4.78. The zero-order chi connectivity index (χ0) is 13.6. The van der Waals surface area contributed by atoms with E-state index in [2.05, 4.69) is 52.0 Å². The zero-order valence-electron chi connectivity index (χ0n) is 12.4. The Morgan fingerprint density at radius 3 is 2.26 bits per heavy atom. The van der Waals surface area contributed by atoms with Gasteiger partial charge in [-0.1, -0.05) is 38.1 Å². The Morgan fingerprint density at radius 2 is 1.58 bits per heavy atom. The number of fused-ring (bicyclic) bond motifs is 3. The second kappa shape index (κ2) is 4.52. The van der Waals surface area contributed by atoms with Gasteiger partial charge in [0.25, 0.3) is 0 Å². The standard InChI is InChI=1S/C19H22/c1-5-15-12(3)13(4)19-17-10-8-7-9-14(17)11-18(19)16(15)6-2/h7-10H,5-6,11H2,1-4H3. The first-order chi connectivity index (χ1) is 9.19. The van der Waals surface area contributed by atoms with E-state index in [4.69, 9.17) is 0 Å². The van der Waals surface area contributed by atoms with Crippen LogP contribution in [0.2, 0.25) is 0 Å². The van der Waals surface area contributed by atoms with E-state index in [0.29, 0.717) is 0 Å². The normalized spacial score (nSPS) is 12.4. The van der Waals surface area contributed by atoms with Crippen LogP contribution >= 0.6 is 0 Å². The van der Waals surface area contributed by atoms with E-state index in [0.717, 1.165) is 19.3 Å². The van der Waals surface area contributed by atoms with E-state index < -0.39 is 0 Å². The van der Waals surface area contributed by atoms with Crippen molar-refractivity contribution in [2.75, 3.05) is 0 Å². The van der Waals surface area contributed by atoms with Gasteiger partial charge in [-0.3, -0.25) is 0 Å². The molecule has 0 nitrogen and oxygen atoms in total. The van der Waals surface area contributed by atoms with Gasteiger partial charge in [-0.15, -0.1) is 0 Å². The predicted molar refractivity (Wildman–Crippen MR) is 82.9 cm³/mol. The fourth-order valence-corrected chi connectivity index (χ4v) is 3.77.